The van der Waals surface area contributed by atoms with E-state index in [2.05, 4.69) is 78.6 Å². The first kappa shape index (κ1) is 45.3. The van der Waals surface area contributed by atoms with Crippen molar-refractivity contribution in [3.05, 3.63) is 20.8 Å². The number of nitrogens with zero attached hydrogens (tertiary/aromatic N) is 2. The molecule has 0 saturated carbocycles. The van der Waals surface area contributed by atoms with Gasteiger partial charge in [0.05, 0.1) is 0 Å². The number of rotatable bonds is 4. The molecule has 0 bridgehead atoms. The summed E-state index contributed by atoms with van der Waals surface area (Å²) in [5.41, 5.74) is 13.4. The molecule has 4 nitrogen and oxygen atoms in total. The van der Waals surface area contributed by atoms with E-state index in [9.17, 15) is 0 Å². The molecule has 0 unspecified atom stereocenters. The first-order valence-electron chi connectivity index (χ1n) is 10.4. The second kappa shape index (κ2) is 17.2. The maximum Gasteiger partial charge on any atom is 2.00 e. The molecule has 0 radical (unpaired) electrons. The van der Waals surface area contributed by atoms with E-state index < -0.39 is 32.9 Å². The van der Waals surface area contributed by atoms with Crippen LogP contribution in [0.1, 0.15) is 41.5 Å². The second-order valence-corrected chi connectivity index (χ2v) is 32.6. The molecule has 10 heteroatoms. The van der Waals surface area contributed by atoms with Crippen molar-refractivity contribution in [1.29, 1.82) is 0 Å². The Hall–Kier alpha value is 1.75. The zero-order valence-corrected chi connectivity index (χ0v) is 29.8. The van der Waals surface area contributed by atoms with Crippen molar-refractivity contribution in [1.82, 2.24) is 0 Å². The van der Waals surface area contributed by atoms with Gasteiger partial charge in [-0.3, -0.25) is 0 Å². The zero-order chi connectivity index (χ0) is 24.4. The van der Waals surface area contributed by atoms with Gasteiger partial charge in [0, 0.05) is 0 Å². The van der Waals surface area contributed by atoms with E-state index in [1.54, 1.807) is 0 Å². The minimum absolute atomic E-state index is 0. The van der Waals surface area contributed by atoms with E-state index in [0.29, 0.717) is 0 Å². The summed E-state index contributed by atoms with van der Waals surface area (Å²) in [6, 6.07) is 0. The number of hydrogen-bond donors (Lipinski definition) is 0. The summed E-state index contributed by atoms with van der Waals surface area (Å²) >= 11 is 0. The Morgan fingerprint density at radius 3 is 0.467 bits per heavy atom. The van der Waals surface area contributed by atoms with Gasteiger partial charge in [0.1, 0.15) is 0 Å². The molecule has 0 saturated heterocycles. The Kier molecular flexibility index (Phi) is 26.0. The summed E-state index contributed by atoms with van der Waals surface area (Å²) < 4.78 is 9.64. The topological polar surface area (TPSA) is 75.8 Å². The molecule has 0 aliphatic carbocycles. The van der Waals surface area contributed by atoms with Gasteiger partial charge in [-0.1, -0.05) is 153 Å². The normalized spacial score (nSPS) is 12.4. The van der Waals surface area contributed by atoms with Crippen molar-refractivity contribution >= 4 is 32.9 Å². The Balaban J connectivity index is -0.0000000649. The predicted molar refractivity (Wildman–Crippen MR) is 148 cm³/mol. The maximum absolute atomic E-state index is 6.94. The van der Waals surface area contributed by atoms with Crippen LogP contribution in [-0.4, -0.2) is 44.0 Å². The van der Waals surface area contributed by atoms with Gasteiger partial charge in [-0.05, 0) is 0 Å². The standard InChI is InChI=1S/2C6H18NSi2.2C4H10N.2Fe/c2*1-8(2,3)7-9(4,5)6;2*1-4(2,3)5;;/h2*1-6H3;2*5H,1-3H3;;/q4*-1;2*+2. The molecule has 0 heterocycles. The molecule has 2 N–H and O–H groups in total. The van der Waals surface area contributed by atoms with Crippen molar-refractivity contribution < 1.29 is 34.1 Å². The van der Waals surface area contributed by atoms with Gasteiger partial charge >= 0.3 is 34.1 Å². The van der Waals surface area contributed by atoms with Crippen molar-refractivity contribution in [3.8, 4) is 0 Å². The number of hydrogen-bond acceptors (Lipinski definition) is 0. The quantitative estimate of drug-likeness (QED) is 0.299. The summed E-state index contributed by atoms with van der Waals surface area (Å²) in [6.07, 6.45) is 0. The smallest absolute Gasteiger partial charge is 0.673 e. The summed E-state index contributed by atoms with van der Waals surface area (Å²) in [5.74, 6) is 0. The van der Waals surface area contributed by atoms with Crippen LogP contribution in [0.5, 0.6) is 0 Å². The van der Waals surface area contributed by atoms with Gasteiger partial charge in [0.2, 0.25) is 0 Å². The van der Waals surface area contributed by atoms with Crippen molar-refractivity contribution in [2.45, 2.75) is 131 Å². The largest absolute Gasteiger partial charge is 2.00 e. The molecule has 0 aromatic carbocycles. The molecule has 30 heavy (non-hydrogen) atoms. The van der Waals surface area contributed by atoms with Crippen molar-refractivity contribution in [3.63, 3.8) is 0 Å². The fraction of sp³-hybridized carbons (Fsp3) is 1.00. The molecule has 0 aliphatic heterocycles. The molecule has 0 fully saturated rings. The minimum atomic E-state index is -1.11. The summed E-state index contributed by atoms with van der Waals surface area (Å²) in [5, 5.41) is 0. The van der Waals surface area contributed by atoms with Gasteiger partial charge in [-0.2, -0.15) is 0 Å². The third-order valence-electron chi connectivity index (χ3n) is 1.34. The Bertz CT molecular complexity index is 311. The van der Waals surface area contributed by atoms with Crippen molar-refractivity contribution in [2.24, 2.45) is 0 Å². The monoisotopic (exact) mass is 576 g/mol. The molecular weight excluding hydrogens is 520 g/mol. The molecule has 0 aromatic rings. The summed E-state index contributed by atoms with van der Waals surface area (Å²) in [4.78, 5) is 0. The van der Waals surface area contributed by atoms with Gasteiger partial charge in [-0.25, -0.2) is 0 Å². The second-order valence-electron chi connectivity index (χ2n) is 13.4. The van der Waals surface area contributed by atoms with Crippen LogP contribution in [0.3, 0.4) is 0 Å². The van der Waals surface area contributed by atoms with Gasteiger partial charge in [0.25, 0.3) is 0 Å². The predicted octanol–water partition coefficient (Wildman–Crippen LogP) is 9.73. The molecule has 0 aromatic heterocycles. The van der Waals surface area contributed by atoms with E-state index in [0.717, 1.165) is 0 Å². The van der Waals surface area contributed by atoms with Gasteiger partial charge < -0.3 is 20.8 Å². The van der Waals surface area contributed by atoms with Crippen LogP contribution in [0.2, 0.25) is 78.6 Å². The molecule has 0 amide bonds. The Labute approximate surface area is 218 Å². The Morgan fingerprint density at radius 2 is 0.467 bits per heavy atom. The van der Waals surface area contributed by atoms with E-state index in [1.165, 1.54) is 0 Å². The van der Waals surface area contributed by atoms with E-state index in [-0.39, 0.29) is 45.2 Å². The molecule has 0 atom stereocenters. The molecule has 0 spiro atoms. The van der Waals surface area contributed by atoms with Crippen LogP contribution in [0.25, 0.3) is 20.8 Å². The van der Waals surface area contributed by atoms with Crippen LogP contribution in [0.15, 0.2) is 0 Å². The van der Waals surface area contributed by atoms with E-state index in [1.807, 2.05) is 41.5 Å². The van der Waals surface area contributed by atoms with Crippen LogP contribution in [-0.2, 0) is 34.1 Å². The molecule has 188 valence electrons. The van der Waals surface area contributed by atoms with Crippen LogP contribution < -0.4 is 0 Å². The maximum atomic E-state index is 6.94. The Morgan fingerprint density at radius 1 is 0.400 bits per heavy atom. The number of nitrogens with one attached hydrogen (secondary N) is 2. The average molecular weight is 577 g/mol. The molecule has 0 aliphatic rings. The molecular formula is C20H56Fe2N4Si4. The minimum Gasteiger partial charge on any atom is -0.673 e. The van der Waals surface area contributed by atoms with E-state index >= 15 is 0 Å². The summed E-state index contributed by atoms with van der Waals surface area (Å²) in [6.45, 7) is 38.7. The van der Waals surface area contributed by atoms with Crippen LogP contribution >= 0.6 is 0 Å². The van der Waals surface area contributed by atoms with E-state index in [4.69, 9.17) is 20.8 Å². The summed E-state index contributed by atoms with van der Waals surface area (Å²) in [7, 11) is -4.42. The van der Waals surface area contributed by atoms with Gasteiger partial charge in [0.15, 0.2) is 0 Å². The fourth-order valence-corrected chi connectivity index (χ4v) is 18.1. The first-order valence-corrected chi connectivity index (χ1v) is 24.2. The van der Waals surface area contributed by atoms with Crippen molar-refractivity contribution in [2.75, 3.05) is 0 Å². The van der Waals surface area contributed by atoms with Crippen LogP contribution in [0, 0.1) is 0 Å². The average Bonchev–Trinajstić information content (AvgIpc) is 1.95. The van der Waals surface area contributed by atoms with Gasteiger partial charge in [-0.15, -0.1) is 11.1 Å². The third kappa shape index (κ3) is 130. The molecule has 0 rings (SSSR count). The SMILES string of the molecule is CC(C)(C)[NH-].CC(C)(C)[NH-].C[Si](C)(C)[N-][Si](C)(C)C.C[Si](C)(C)[N-][Si](C)(C)C.[Fe+2].[Fe+2]. The zero-order valence-electron chi connectivity index (χ0n) is 23.6. The first-order chi connectivity index (χ1) is 11.4. The third-order valence-corrected chi connectivity index (χ3v) is 12.1. The fourth-order valence-electron chi connectivity index (χ4n) is 2.01. The van der Waals surface area contributed by atoms with Crippen LogP contribution in [0.4, 0.5) is 0 Å².